The predicted molar refractivity (Wildman–Crippen MR) is 138 cm³/mol. The van der Waals surface area contributed by atoms with Gasteiger partial charge in [-0.1, -0.05) is 18.6 Å². The third-order valence-corrected chi connectivity index (χ3v) is 5.44. The van der Waals surface area contributed by atoms with Gasteiger partial charge in [0.1, 0.15) is 0 Å². The van der Waals surface area contributed by atoms with Crippen molar-refractivity contribution < 1.29 is 14.3 Å². The maximum Gasteiger partial charge on any atom is 0.227 e. The summed E-state index contributed by atoms with van der Waals surface area (Å²) in [5.41, 5.74) is 2.73. The molecule has 4 rings (SSSR count). The van der Waals surface area contributed by atoms with Gasteiger partial charge in [-0.05, 0) is 49.6 Å². The van der Waals surface area contributed by atoms with Crippen LogP contribution in [0.4, 0.5) is 11.4 Å². The molecular weight excluding hydrogens is 519 g/mol. The minimum atomic E-state index is 0. The summed E-state index contributed by atoms with van der Waals surface area (Å²) in [6.07, 6.45) is 4.01. The molecule has 2 aromatic rings. The minimum absolute atomic E-state index is 0. The third-order valence-electron chi connectivity index (χ3n) is 5.44. The molecule has 3 N–H and O–H groups in total. The Hall–Kier alpha value is -2.49. The fraction of sp³-hybridized carbons (Fsp3) is 0.417. The number of guanidine groups is 1. The van der Waals surface area contributed by atoms with Gasteiger partial charge in [-0.15, -0.1) is 24.0 Å². The van der Waals surface area contributed by atoms with Crippen molar-refractivity contribution >= 4 is 47.2 Å². The Morgan fingerprint density at radius 3 is 2.53 bits per heavy atom. The van der Waals surface area contributed by atoms with E-state index in [-0.39, 0.29) is 35.8 Å². The first kappa shape index (κ1) is 24.2. The van der Waals surface area contributed by atoms with Crippen LogP contribution in [0.5, 0.6) is 11.5 Å². The molecule has 0 atom stereocenters. The van der Waals surface area contributed by atoms with E-state index in [4.69, 9.17) is 14.5 Å². The van der Waals surface area contributed by atoms with Crippen molar-refractivity contribution in [1.82, 2.24) is 5.32 Å². The molecule has 8 heteroatoms. The highest BCUT2D eigenvalue weighted by Crippen LogP contribution is 2.32. The number of hydrogen-bond donors (Lipinski definition) is 3. The van der Waals surface area contributed by atoms with Crippen LogP contribution in [0.2, 0.25) is 0 Å². The highest BCUT2D eigenvalue weighted by Gasteiger charge is 2.25. The number of nitrogens with one attached hydrogen (secondary N) is 3. The zero-order chi connectivity index (χ0) is 21.5. The van der Waals surface area contributed by atoms with E-state index < -0.39 is 0 Å². The molecule has 32 heavy (non-hydrogen) atoms. The van der Waals surface area contributed by atoms with Crippen LogP contribution in [0, 0.1) is 5.92 Å². The lowest BCUT2D eigenvalue weighted by molar-refractivity contribution is -0.122. The van der Waals surface area contributed by atoms with Gasteiger partial charge in [-0.3, -0.25) is 4.79 Å². The monoisotopic (exact) mass is 550 g/mol. The maximum absolute atomic E-state index is 12.2. The number of carbonyl (C=O) groups excluding carboxylic acids is 1. The number of ether oxygens (including phenoxy) is 2. The molecule has 1 aliphatic carbocycles. The molecule has 0 spiro atoms. The summed E-state index contributed by atoms with van der Waals surface area (Å²) in [6, 6.07) is 13.7. The van der Waals surface area contributed by atoms with Crippen molar-refractivity contribution in [2.45, 2.75) is 39.2 Å². The zero-order valence-corrected chi connectivity index (χ0v) is 20.7. The molecule has 7 nitrogen and oxygen atoms in total. The Bertz CT molecular complexity index is 947. The molecule has 2 aromatic carbocycles. The van der Waals surface area contributed by atoms with Crippen molar-refractivity contribution in [3.63, 3.8) is 0 Å². The normalized spacial score (nSPS) is 15.6. The maximum atomic E-state index is 12.2. The highest BCUT2D eigenvalue weighted by atomic mass is 127. The number of nitrogens with zero attached hydrogens (tertiary/aromatic N) is 1. The quantitative estimate of drug-likeness (QED) is 0.274. The fourth-order valence-corrected chi connectivity index (χ4v) is 3.52. The Balaban J connectivity index is 0.00000289. The van der Waals surface area contributed by atoms with Gasteiger partial charge in [-0.2, -0.15) is 0 Å². The lowest BCUT2D eigenvalue weighted by Crippen LogP contribution is -2.30. The second kappa shape index (κ2) is 11.9. The van der Waals surface area contributed by atoms with E-state index >= 15 is 0 Å². The van der Waals surface area contributed by atoms with E-state index in [1.54, 1.807) is 0 Å². The Kier molecular flexibility index (Phi) is 9.01. The molecule has 0 unspecified atom stereocenters. The van der Waals surface area contributed by atoms with E-state index in [0.29, 0.717) is 25.7 Å². The van der Waals surface area contributed by atoms with Crippen molar-refractivity contribution in [3.8, 4) is 11.5 Å². The molecule has 0 bridgehead atoms. The number of rotatable bonds is 6. The van der Waals surface area contributed by atoms with Crippen LogP contribution >= 0.6 is 24.0 Å². The SMILES string of the molecule is CCNC(=NCc1cccc(NC(=O)C2CCC2)c1)Nc1ccc2c(c1)OCCCO2.I. The summed E-state index contributed by atoms with van der Waals surface area (Å²) in [4.78, 5) is 16.9. The molecule has 1 aliphatic heterocycles. The van der Waals surface area contributed by atoms with E-state index in [2.05, 4.69) is 16.0 Å². The highest BCUT2D eigenvalue weighted by molar-refractivity contribution is 14.0. The first-order valence-electron chi connectivity index (χ1n) is 11.1. The van der Waals surface area contributed by atoms with Gasteiger partial charge in [0, 0.05) is 36.3 Å². The number of carbonyl (C=O) groups is 1. The van der Waals surface area contributed by atoms with E-state index in [9.17, 15) is 4.79 Å². The minimum Gasteiger partial charge on any atom is -0.490 e. The molecule has 2 aliphatic rings. The van der Waals surface area contributed by atoms with Crippen molar-refractivity contribution in [2.24, 2.45) is 10.9 Å². The van der Waals surface area contributed by atoms with Gasteiger partial charge in [0.25, 0.3) is 0 Å². The van der Waals surface area contributed by atoms with E-state index in [1.807, 2.05) is 49.4 Å². The number of anilines is 2. The second-order valence-corrected chi connectivity index (χ2v) is 7.85. The molecule has 0 saturated heterocycles. The van der Waals surface area contributed by atoms with Gasteiger partial charge in [0.15, 0.2) is 17.5 Å². The Labute approximate surface area is 206 Å². The van der Waals surface area contributed by atoms with Crippen LogP contribution < -0.4 is 25.4 Å². The lowest BCUT2D eigenvalue weighted by atomic mass is 9.85. The summed E-state index contributed by atoms with van der Waals surface area (Å²) in [7, 11) is 0. The molecule has 1 saturated carbocycles. The van der Waals surface area contributed by atoms with Crippen LogP contribution in [0.25, 0.3) is 0 Å². The van der Waals surface area contributed by atoms with Gasteiger partial charge in [0.05, 0.1) is 19.8 Å². The zero-order valence-electron chi connectivity index (χ0n) is 18.4. The smallest absolute Gasteiger partial charge is 0.227 e. The molecule has 172 valence electrons. The predicted octanol–water partition coefficient (Wildman–Crippen LogP) is 4.78. The van der Waals surface area contributed by atoms with Gasteiger partial charge < -0.3 is 25.4 Å². The van der Waals surface area contributed by atoms with Crippen LogP contribution in [0.1, 0.15) is 38.2 Å². The molecule has 0 aromatic heterocycles. The average Bonchev–Trinajstić information content (AvgIpc) is 2.96. The number of halogens is 1. The summed E-state index contributed by atoms with van der Waals surface area (Å²) < 4.78 is 11.5. The van der Waals surface area contributed by atoms with Crippen LogP contribution in [-0.2, 0) is 11.3 Å². The van der Waals surface area contributed by atoms with Gasteiger partial charge in [0.2, 0.25) is 5.91 Å². The Morgan fingerprint density at radius 2 is 1.78 bits per heavy atom. The van der Waals surface area contributed by atoms with Crippen molar-refractivity contribution in [2.75, 3.05) is 30.4 Å². The first-order valence-corrected chi connectivity index (χ1v) is 11.1. The molecular formula is C24H31IN4O3. The number of amides is 1. The van der Waals surface area contributed by atoms with Gasteiger partial charge >= 0.3 is 0 Å². The summed E-state index contributed by atoms with van der Waals surface area (Å²) in [5, 5.41) is 9.63. The largest absolute Gasteiger partial charge is 0.490 e. The van der Waals surface area contributed by atoms with Crippen LogP contribution in [0.3, 0.4) is 0 Å². The molecule has 0 radical (unpaired) electrons. The van der Waals surface area contributed by atoms with Gasteiger partial charge in [-0.25, -0.2) is 4.99 Å². The second-order valence-electron chi connectivity index (χ2n) is 7.85. The summed E-state index contributed by atoms with van der Waals surface area (Å²) in [5.74, 6) is 2.48. The topological polar surface area (TPSA) is 84.0 Å². The van der Waals surface area contributed by atoms with Crippen molar-refractivity contribution in [3.05, 3.63) is 48.0 Å². The first-order chi connectivity index (χ1) is 15.2. The van der Waals surface area contributed by atoms with Crippen molar-refractivity contribution in [1.29, 1.82) is 0 Å². The lowest BCUT2D eigenvalue weighted by Gasteiger charge is -2.24. The molecule has 1 heterocycles. The summed E-state index contributed by atoms with van der Waals surface area (Å²) >= 11 is 0. The third kappa shape index (κ3) is 6.51. The fourth-order valence-electron chi connectivity index (χ4n) is 3.52. The number of aliphatic imine (C=N–C) groups is 1. The summed E-state index contributed by atoms with van der Waals surface area (Å²) in [6.45, 7) is 4.59. The average molecular weight is 550 g/mol. The molecule has 1 fully saturated rings. The standard InChI is InChI=1S/C24H30N4O3.HI/c1-2-25-24(28-20-10-11-21-22(15-20)31-13-5-12-30-21)26-16-17-6-3-9-19(14-17)27-23(29)18-7-4-8-18;/h3,6,9-11,14-15,18H,2,4-5,7-8,12-13,16H2,1H3,(H,27,29)(H2,25,26,28);1H. The number of hydrogen-bond acceptors (Lipinski definition) is 4. The number of fused-ring (bicyclic) bond motifs is 1. The molecule has 1 amide bonds. The Morgan fingerprint density at radius 1 is 1.00 bits per heavy atom. The van der Waals surface area contributed by atoms with Crippen LogP contribution in [-0.4, -0.2) is 31.6 Å². The number of benzene rings is 2. The van der Waals surface area contributed by atoms with Crippen LogP contribution in [0.15, 0.2) is 47.5 Å². The van der Waals surface area contributed by atoms with E-state index in [0.717, 1.165) is 60.7 Å². The van der Waals surface area contributed by atoms with E-state index in [1.165, 1.54) is 0 Å².